The Morgan fingerprint density at radius 1 is 1.43 bits per heavy atom. The Morgan fingerprint density at radius 2 is 2.29 bits per heavy atom. The number of nitrogens with zero attached hydrogens (tertiary/aromatic N) is 3. The minimum atomic E-state index is -0.644. The standard InChI is InChI=1S/C9H12FN3O/c10-7-3-12(4-7)8-5-13-9(14-6-8)1-2-11-13/h1-2,7-8H,3-6H2. The van der Waals surface area contributed by atoms with E-state index in [4.69, 9.17) is 4.74 Å². The van der Waals surface area contributed by atoms with Gasteiger partial charge in [0.05, 0.1) is 18.8 Å². The highest BCUT2D eigenvalue weighted by molar-refractivity contribution is 5.10. The van der Waals surface area contributed by atoms with Crippen molar-refractivity contribution < 1.29 is 9.13 Å². The molecule has 1 saturated heterocycles. The predicted molar refractivity (Wildman–Crippen MR) is 48.0 cm³/mol. The molecule has 4 nitrogen and oxygen atoms in total. The van der Waals surface area contributed by atoms with Crippen LogP contribution in [0, 0.1) is 0 Å². The zero-order chi connectivity index (χ0) is 9.54. The van der Waals surface area contributed by atoms with Gasteiger partial charge < -0.3 is 4.74 Å². The third-order valence-corrected chi connectivity index (χ3v) is 2.87. The highest BCUT2D eigenvalue weighted by Gasteiger charge is 2.34. The van der Waals surface area contributed by atoms with Gasteiger partial charge in [-0.15, -0.1) is 0 Å². The molecule has 0 bridgehead atoms. The van der Waals surface area contributed by atoms with Crippen molar-refractivity contribution in [2.75, 3.05) is 19.7 Å². The third kappa shape index (κ3) is 1.19. The zero-order valence-electron chi connectivity index (χ0n) is 7.77. The fourth-order valence-corrected chi connectivity index (χ4v) is 1.99. The summed E-state index contributed by atoms with van der Waals surface area (Å²) in [6, 6.07) is 2.14. The first-order chi connectivity index (χ1) is 6.83. The molecule has 1 unspecified atom stereocenters. The van der Waals surface area contributed by atoms with Crippen LogP contribution in [-0.4, -0.2) is 46.6 Å². The molecule has 0 aliphatic carbocycles. The minimum Gasteiger partial charge on any atom is -0.476 e. The molecule has 0 N–H and O–H groups in total. The summed E-state index contributed by atoms with van der Waals surface area (Å²) in [5, 5.41) is 4.14. The smallest absolute Gasteiger partial charge is 0.211 e. The molecule has 5 heteroatoms. The first-order valence-corrected chi connectivity index (χ1v) is 4.85. The lowest BCUT2D eigenvalue weighted by atomic mass is 10.1. The Morgan fingerprint density at radius 3 is 3.07 bits per heavy atom. The summed E-state index contributed by atoms with van der Waals surface area (Å²) in [4.78, 5) is 2.11. The highest BCUT2D eigenvalue weighted by atomic mass is 19.1. The molecule has 2 aliphatic heterocycles. The summed E-state index contributed by atoms with van der Waals surface area (Å²) in [6.07, 6.45) is 1.08. The lowest BCUT2D eigenvalue weighted by Crippen LogP contribution is -2.57. The summed E-state index contributed by atoms with van der Waals surface area (Å²) in [6.45, 7) is 2.56. The molecule has 0 saturated carbocycles. The maximum absolute atomic E-state index is 12.7. The highest BCUT2D eigenvalue weighted by Crippen LogP contribution is 2.22. The van der Waals surface area contributed by atoms with E-state index in [1.54, 1.807) is 6.20 Å². The molecule has 0 amide bonds. The molecule has 0 radical (unpaired) electrons. The predicted octanol–water partition coefficient (Wildman–Crippen LogP) is 0.298. The SMILES string of the molecule is FC1CN(C2COc3ccnn3C2)C1. The second-order valence-corrected chi connectivity index (χ2v) is 3.87. The molecule has 1 atom stereocenters. The van der Waals surface area contributed by atoms with Crippen LogP contribution < -0.4 is 4.74 Å². The molecule has 76 valence electrons. The zero-order valence-corrected chi connectivity index (χ0v) is 7.77. The van der Waals surface area contributed by atoms with E-state index in [1.165, 1.54) is 0 Å². The van der Waals surface area contributed by atoms with Crippen LogP contribution in [0.15, 0.2) is 12.3 Å². The van der Waals surface area contributed by atoms with Crippen LogP contribution in [0.25, 0.3) is 0 Å². The van der Waals surface area contributed by atoms with E-state index in [9.17, 15) is 4.39 Å². The van der Waals surface area contributed by atoms with Gasteiger partial charge in [-0.3, -0.25) is 4.90 Å². The molecule has 1 fully saturated rings. The van der Waals surface area contributed by atoms with Gasteiger partial charge in [0.2, 0.25) is 5.88 Å². The van der Waals surface area contributed by atoms with Crippen LogP contribution in [0.5, 0.6) is 5.88 Å². The van der Waals surface area contributed by atoms with E-state index in [-0.39, 0.29) is 6.04 Å². The van der Waals surface area contributed by atoms with Crippen molar-refractivity contribution in [3.63, 3.8) is 0 Å². The molecule has 0 aromatic carbocycles. The number of rotatable bonds is 1. The first kappa shape index (κ1) is 8.23. The molecular formula is C9H12FN3O. The third-order valence-electron chi connectivity index (χ3n) is 2.87. The summed E-state index contributed by atoms with van der Waals surface area (Å²) in [7, 11) is 0. The number of alkyl halides is 1. The second-order valence-electron chi connectivity index (χ2n) is 3.87. The maximum atomic E-state index is 12.7. The quantitative estimate of drug-likeness (QED) is 0.648. The number of aromatic nitrogens is 2. The van der Waals surface area contributed by atoms with Crippen molar-refractivity contribution >= 4 is 0 Å². The normalized spacial score (nSPS) is 27.9. The summed E-state index contributed by atoms with van der Waals surface area (Å²) in [5.74, 6) is 0.818. The lowest BCUT2D eigenvalue weighted by Gasteiger charge is -2.41. The van der Waals surface area contributed by atoms with Crippen molar-refractivity contribution in [2.45, 2.75) is 18.8 Å². The first-order valence-electron chi connectivity index (χ1n) is 4.85. The van der Waals surface area contributed by atoms with Gasteiger partial charge in [-0.1, -0.05) is 0 Å². The molecule has 2 aliphatic rings. The van der Waals surface area contributed by atoms with Crippen molar-refractivity contribution in [3.05, 3.63) is 12.3 Å². The molecule has 1 aromatic heterocycles. The van der Waals surface area contributed by atoms with Gasteiger partial charge in [0.1, 0.15) is 12.8 Å². The summed E-state index contributed by atoms with van der Waals surface area (Å²) >= 11 is 0. The Hall–Kier alpha value is -1.10. The Labute approximate surface area is 81.3 Å². The lowest BCUT2D eigenvalue weighted by molar-refractivity contribution is -0.0106. The van der Waals surface area contributed by atoms with Gasteiger partial charge in [-0.2, -0.15) is 5.10 Å². The van der Waals surface area contributed by atoms with Crippen LogP contribution in [-0.2, 0) is 6.54 Å². The van der Waals surface area contributed by atoms with E-state index >= 15 is 0 Å². The molecular weight excluding hydrogens is 185 g/mol. The van der Waals surface area contributed by atoms with Crippen LogP contribution in [0.1, 0.15) is 0 Å². The topological polar surface area (TPSA) is 30.3 Å². The van der Waals surface area contributed by atoms with E-state index in [0.717, 1.165) is 12.4 Å². The number of ether oxygens (including phenoxy) is 1. The van der Waals surface area contributed by atoms with Gasteiger partial charge in [0, 0.05) is 19.2 Å². The number of hydrogen-bond donors (Lipinski definition) is 0. The number of halogens is 1. The average Bonchev–Trinajstić information content (AvgIpc) is 2.59. The largest absolute Gasteiger partial charge is 0.476 e. The molecule has 14 heavy (non-hydrogen) atoms. The van der Waals surface area contributed by atoms with Gasteiger partial charge >= 0.3 is 0 Å². The fourth-order valence-electron chi connectivity index (χ4n) is 1.99. The Kier molecular flexibility index (Phi) is 1.73. The number of fused-ring (bicyclic) bond motifs is 1. The fraction of sp³-hybridized carbons (Fsp3) is 0.667. The van der Waals surface area contributed by atoms with Crippen LogP contribution in [0.3, 0.4) is 0 Å². The summed E-state index contributed by atoms with van der Waals surface area (Å²) < 4.78 is 20.0. The molecule has 3 heterocycles. The van der Waals surface area contributed by atoms with Crippen molar-refractivity contribution in [3.8, 4) is 5.88 Å². The van der Waals surface area contributed by atoms with E-state index < -0.39 is 6.17 Å². The molecule has 3 rings (SSSR count). The molecule has 1 aromatic rings. The van der Waals surface area contributed by atoms with Crippen LogP contribution in [0.4, 0.5) is 4.39 Å². The van der Waals surface area contributed by atoms with Gasteiger partial charge in [0.15, 0.2) is 0 Å². The van der Waals surface area contributed by atoms with Crippen molar-refractivity contribution in [2.24, 2.45) is 0 Å². The van der Waals surface area contributed by atoms with Crippen molar-refractivity contribution in [1.29, 1.82) is 0 Å². The average molecular weight is 197 g/mol. The maximum Gasteiger partial charge on any atom is 0.211 e. The van der Waals surface area contributed by atoms with E-state index in [1.807, 2.05) is 10.7 Å². The number of hydrogen-bond acceptors (Lipinski definition) is 3. The second kappa shape index (κ2) is 2.95. The molecule has 0 spiro atoms. The Bertz CT molecular complexity index is 335. The van der Waals surface area contributed by atoms with Gasteiger partial charge in [-0.05, 0) is 0 Å². The van der Waals surface area contributed by atoms with E-state index in [2.05, 4.69) is 10.00 Å². The van der Waals surface area contributed by atoms with Crippen LogP contribution in [0.2, 0.25) is 0 Å². The number of likely N-dealkylation sites (tertiary alicyclic amines) is 1. The Balaban J connectivity index is 1.69. The van der Waals surface area contributed by atoms with Crippen molar-refractivity contribution in [1.82, 2.24) is 14.7 Å². The minimum absolute atomic E-state index is 0.286. The monoisotopic (exact) mass is 197 g/mol. The van der Waals surface area contributed by atoms with E-state index in [0.29, 0.717) is 19.7 Å². The van der Waals surface area contributed by atoms with Crippen LogP contribution >= 0.6 is 0 Å². The van der Waals surface area contributed by atoms with Gasteiger partial charge in [0.25, 0.3) is 0 Å². The summed E-state index contributed by atoms with van der Waals surface area (Å²) in [5.41, 5.74) is 0. The van der Waals surface area contributed by atoms with Gasteiger partial charge in [-0.25, -0.2) is 9.07 Å².